The third-order valence-electron chi connectivity index (χ3n) is 3.03. The Bertz CT molecular complexity index is 360. The summed E-state index contributed by atoms with van der Waals surface area (Å²) in [6, 6.07) is 4.46. The molecule has 2 rings (SSSR count). The van der Waals surface area contributed by atoms with Crippen molar-refractivity contribution in [2.45, 2.75) is 26.7 Å². The van der Waals surface area contributed by atoms with Gasteiger partial charge in [-0.25, -0.2) is 0 Å². The summed E-state index contributed by atoms with van der Waals surface area (Å²) in [5, 5.41) is 0. The van der Waals surface area contributed by atoms with Crippen molar-refractivity contribution < 1.29 is 4.74 Å². The Morgan fingerprint density at radius 2 is 2.20 bits per heavy atom. The van der Waals surface area contributed by atoms with Gasteiger partial charge in [-0.3, -0.25) is 0 Å². The average Bonchev–Trinajstić information content (AvgIpc) is 2.21. The minimum absolute atomic E-state index is 0.739. The fourth-order valence-electron chi connectivity index (χ4n) is 2.23. The topological polar surface area (TPSA) is 12.5 Å². The van der Waals surface area contributed by atoms with Crippen molar-refractivity contribution in [1.82, 2.24) is 0 Å². The van der Waals surface area contributed by atoms with E-state index in [1.807, 2.05) is 6.92 Å². The number of benzene rings is 1. The van der Waals surface area contributed by atoms with Crippen LogP contribution in [0.15, 0.2) is 12.1 Å². The monoisotopic (exact) mass is 205 g/mol. The lowest BCUT2D eigenvalue weighted by Crippen LogP contribution is -2.24. The highest BCUT2D eigenvalue weighted by Gasteiger charge is 2.15. The zero-order chi connectivity index (χ0) is 10.8. The Balaban J connectivity index is 2.41. The Kier molecular flexibility index (Phi) is 2.85. The molecular weight excluding hydrogens is 186 g/mol. The van der Waals surface area contributed by atoms with Crippen molar-refractivity contribution >= 4 is 5.69 Å². The van der Waals surface area contributed by atoms with Crippen LogP contribution in [0.25, 0.3) is 0 Å². The molecule has 0 aliphatic carbocycles. The summed E-state index contributed by atoms with van der Waals surface area (Å²) in [4.78, 5) is 2.32. The van der Waals surface area contributed by atoms with E-state index in [0.29, 0.717) is 0 Å². The predicted octanol–water partition coefficient (Wildman–Crippen LogP) is 2.78. The second-order valence-corrected chi connectivity index (χ2v) is 4.20. The molecule has 1 aliphatic heterocycles. The first-order valence-corrected chi connectivity index (χ1v) is 5.70. The van der Waals surface area contributed by atoms with Gasteiger partial charge in [0.15, 0.2) is 0 Å². The van der Waals surface area contributed by atoms with Crippen LogP contribution in [0.2, 0.25) is 0 Å². The Morgan fingerprint density at radius 3 is 2.93 bits per heavy atom. The number of anilines is 1. The minimum atomic E-state index is 0.739. The van der Waals surface area contributed by atoms with E-state index in [1.54, 1.807) is 0 Å². The van der Waals surface area contributed by atoms with Crippen LogP contribution in [0.5, 0.6) is 5.75 Å². The van der Waals surface area contributed by atoms with Gasteiger partial charge in [0.2, 0.25) is 0 Å². The quantitative estimate of drug-likeness (QED) is 0.736. The largest absolute Gasteiger partial charge is 0.494 e. The lowest BCUT2D eigenvalue weighted by atomic mass is 9.99. The van der Waals surface area contributed by atoms with E-state index in [9.17, 15) is 0 Å². The van der Waals surface area contributed by atoms with Crippen molar-refractivity contribution in [3.8, 4) is 5.75 Å². The SMILES string of the molecule is CCOc1cc2c(cc1C)CCCN2C. The van der Waals surface area contributed by atoms with E-state index in [2.05, 4.69) is 31.0 Å². The predicted molar refractivity (Wildman–Crippen MR) is 63.9 cm³/mol. The highest BCUT2D eigenvalue weighted by Crippen LogP contribution is 2.32. The third kappa shape index (κ3) is 1.94. The number of rotatable bonds is 2. The number of fused-ring (bicyclic) bond motifs is 1. The zero-order valence-corrected chi connectivity index (χ0v) is 9.84. The van der Waals surface area contributed by atoms with Gasteiger partial charge in [0.25, 0.3) is 0 Å². The van der Waals surface area contributed by atoms with Crippen LogP contribution in [-0.2, 0) is 6.42 Å². The van der Waals surface area contributed by atoms with E-state index in [-0.39, 0.29) is 0 Å². The molecule has 0 unspecified atom stereocenters. The molecule has 1 aromatic carbocycles. The fraction of sp³-hybridized carbons (Fsp3) is 0.538. The molecule has 0 fully saturated rings. The van der Waals surface area contributed by atoms with E-state index in [4.69, 9.17) is 4.74 Å². The third-order valence-corrected chi connectivity index (χ3v) is 3.03. The van der Waals surface area contributed by atoms with Gasteiger partial charge in [-0.2, -0.15) is 0 Å². The maximum absolute atomic E-state index is 5.62. The molecule has 0 amide bonds. The molecule has 0 spiro atoms. The van der Waals surface area contributed by atoms with Gasteiger partial charge in [-0.1, -0.05) is 6.07 Å². The lowest BCUT2D eigenvalue weighted by Gasteiger charge is -2.28. The molecule has 0 N–H and O–H groups in total. The molecule has 0 bridgehead atoms. The van der Waals surface area contributed by atoms with Gasteiger partial charge in [-0.05, 0) is 37.8 Å². The molecule has 1 aliphatic rings. The zero-order valence-electron chi connectivity index (χ0n) is 9.84. The molecule has 1 heterocycles. The molecule has 1 aromatic rings. The van der Waals surface area contributed by atoms with E-state index >= 15 is 0 Å². The molecule has 0 radical (unpaired) electrons. The molecule has 15 heavy (non-hydrogen) atoms. The van der Waals surface area contributed by atoms with Gasteiger partial charge < -0.3 is 9.64 Å². The number of hydrogen-bond acceptors (Lipinski definition) is 2. The number of aryl methyl sites for hydroxylation is 2. The fourth-order valence-corrected chi connectivity index (χ4v) is 2.23. The van der Waals surface area contributed by atoms with Crippen LogP contribution in [0.4, 0.5) is 5.69 Å². The first kappa shape index (κ1) is 10.3. The van der Waals surface area contributed by atoms with Crippen LogP contribution in [0.3, 0.4) is 0 Å². The van der Waals surface area contributed by atoms with Crippen LogP contribution >= 0.6 is 0 Å². The Hall–Kier alpha value is -1.18. The average molecular weight is 205 g/mol. The molecule has 0 saturated heterocycles. The first-order valence-electron chi connectivity index (χ1n) is 5.70. The summed E-state index contributed by atoms with van der Waals surface area (Å²) in [6.07, 6.45) is 2.46. The van der Waals surface area contributed by atoms with Crippen LogP contribution in [-0.4, -0.2) is 20.2 Å². The molecule has 2 heteroatoms. The van der Waals surface area contributed by atoms with Gasteiger partial charge in [0.1, 0.15) is 5.75 Å². The number of ether oxygens (including phenoxy) is 1. The molecule has 0 atom stereocenters. The van der Waals surface area contributed by atoms with Crippen LogP contribution in [0, 0.1) is 6.92 Å². The van der Waals surface area contributed by atoms with Gasteiger partial charge in [0.05, 0.1) is 6.61 Å². The van der Waals surface area contributed by atoms with Gasteiger partial charge in [-0.15, -0.1) is 0 Å². The van der Waals surface area contributed by atoms with Crippen LogP contribution < -0.4 is 9.64 Å². The summed E-state index contributed by atoms with van der Waals surface area (Å²) in [7, 11) is 2.16. The van der Waals surface area contributed by atoms with Crippen molar-refractivity contribution in [3.63, 3.8) is 0 Å². The Labute approximate surface area is 91.9 Å². The first-order chi connectivity index (χ1) is 7.22. The summed E-state index contributed by atoms with van der Waals surface area (Å²) in [5.74, 6) is 1.03. The standard InChI is InChI=1S/C13H19NO/c1-4-15-13-9-12-11(8-10(13)2)6-5-7-14(12)3/h8-9H,4-7H2,1-3H3. The molecule has 0 saturated carbocycles. The van der Waals surface area contributed by atoms with E-state index < -0.39 is 0 Å². The van der Waals surface area contributed by atoms with Crippen molar-refractivity contribution in [2.24, 2.45) is 0 Å². The van der Waals surface area contributed by atoms with Gasteiger partial charge in [0, 0.05) is 25.3 Å². The summed E-state index contributed by atoms with van der Waals surface area (Å²) in [6.45, 7) is 6.05. The van der Waals surface area contributed by atoms with Crippen molar-refractivity contribution in [2.75, 3.05) is 25.1 Å². The molecule has 0 aromatic heterocycles. The summed E-state index contributed by atoms with van der Waals surface area (Å²) >= 11 is 0. The second kappa shape index (κ2) is 4.13. The molecule has 2 nitrogen and oxygen atoms in total. The smallest absolute Gasteiger partial charge is 0.124 e. The highest BCUT2D eigenvalue weighted by atomic mass is 16.5. The molecule has 82 valence electrons. The maximum Gasteiger partial charge on any atom is 0.124 e. The van der Waals surface area contributed by atoms with Crippen molar-refractivity contribution in [1.29, 1.82) is 0 Å². The number of hydrogen-bond donors (Lipinski definition) is 0. The van der Waals surface area contributed by atoms with E-state index in [1.165, 1.54) is 29.7 Å². The second-order valence-electron chi connectivity index (χ2n) is 4.20. The normalized spacial score (nSPS) is 15.0. The summed E-state index contributed by atoms with van der Waals surface area (Å²) < 4.78 is 5.62. The maximum atomic E-state index is 5.62. The van der Waals surface area contributed by atoms with Gasteiger partial charge >= 0.3 is 0 Å². The van der Waals surface area contributed by atoms with Crippen molar-refractivity contribution in [3.05, 3.63) is 23.3 Å². The number of nitrogens with zero attached hydrogens (tertiary/aromatic N) is 1. The summed E-state index contributed by atoms with van der Waals surface area (Å²) in [5.41, 5.74) is 4.06. The molecular formula is C13H19NO. The minimum Gasteiger partial charge on any atom is -0.494 e. The van der Waals surface area contributed by atoms with Crippen LogP contribution in [0.1, 0.15) is 24.5 Å². The lowest BCUT2D eigenvalue weighted by molar-refractivity contribution is 0.337. The highest BCUT2D eigenvalue weighted by molar-refractivity contribution is 5.60. The Morgan fingerprint density at radius 1 is 1.40 bits per heavy atom. The van der Waals surface area contributed by atoms with E-state index in [0.717, 1.165) is 18.9 Å².